The molecule has 1 heterocycles. The summed E-state index contributed by atoms with van der Waals surface area (Å²) in [5.41, 5.74) is 1.46. The number of fused-ring (bicyclic) bond motifs is 1. The van der Waals surface area contributed by atoms with E-state index in [1.165, 1.54) is 6.07 Å². The lowest BCUT2D eigenvalue weighted by atomic mass is 9.97. The van der Waals surface area contributed by atoms with Crippen LogP contribution in [0.3, 0.4) is 0 Å². The summed E-state index contributed by atoms with van der Waals surface area (Å²) >= 11 is 5.01. The van der Waals surface area contributed by atoms with Gasteiger partial charge in [-0.15, -0.1) is 0 Å². The summed E-state index contributed by atoms with van der Waals surface area (Å²) in [6.07, 6.45) is 1.37. The van der Waals surface area contributed by atoms with Crippen molar-refractivity contribution >= 4 is 17.3 Å². The SMILES string of the molecule is Fc1cc(F)c2c(c1)CC(C1CNC(=S)N1)C2. The zero-order valence-corrected chi connectivity index (χ0v) is 9.91. The molecule has 5 heteroatoms. The third-order valence-electron chi connectivity index (χ3n) is 3.57. The van der Waals surface area contributed by atoms with Gasteiger partial charge in [0.15, 0.2) is 5.11 Å². The second kappa shape index (κ2) is 3.91. The van der Waals surface area contributed by atoms with Gasteiger partial charge in [0.05, 0.1) is 0 Å². The molecule has 1 aliphatic carbocycles. The van der Waals surface area contributed by atoms with Crippen molar-refractivity contribution in [3.63, 3.8) is 0 Å². The standard InChI is InChI=1S/C12H12F2N2S/c13-8-2-6-1-7(3-9(6)10(14)4-8)11-5-15-12(17)16-11/h2,4,7,11H,1,3,5H2,(H2,15,16,17). The normalized spacial score (nSPS) is 26.6. The third-order valence-corrected chi connectivity index (χ3v) is 3.83. The molecule has 1 aliphatic heterocycles. The van der Waals surface area contributed by atoms with Crippen molar-refractivity contribution in [2.24, 2.45) is 5.92 Å². The lowest BCUT2D eigenvalue weighted by molar-refractivity contribution is 0.429. The Balaban J connectivity index is 1.83. The molecule has 0 saturated carbocycles. The van der Waals surface area contributed by atoms with Crippen LogP contribution in [0.2, 0.25) is 0 Å². The van der Waals surface area contributed by atoms with Gasteiger partial charge in [-0.3, -0.25) is 0 Å². The smallest absolute Gasteiger partial charge is 0.166 e. The van der Waals surface area contributed by atoms with Crippen LogP contribution in [0.5, 0.6) is 0 Å². The first-order valence-corrected chi connectivity index (χ1v) is 6.05. The second-order valence-electron chi connectivity index (χ2n) is 4.65. The maximum Gasteiger partial charge on any atom is 0.166 e. The summed E-state index contributed by atoms with van der Waals surface area (Å²) in [6, 6.07) is 2.63. The van der Waals surface area contributed by atoms with Gasteiger partial charge in [-0.05, 0) is 48.2 Å². The Hall–Kier alpha value is -1.23. The predicted molar refractivity (Wildman–Crippen MR) is 64.8 cm³/mol. The maximum atomic E-state index is 13.6. The fraction of sp³-hybridized carbons (Fsp3) is 0.417. The van der Waals surface area contributed by atoms with Crippen LogP contribution in [0.1, 0.15) is 11.1 Å². The van der Waals surface area contributed by atoms with Crippen LogP contribution < -0.4 is 10.6 Å². The van der Waals surface area contributed by atoms with E-state index < -0.39 is 11.6 Å². The Bertz CT molecular complexity index is 490. The van der Waals surface area contributed by atoms with Crippen LogP contribution in [-0.2, 0) is 12.8 Å². The Morgan fingerprint density at radius 3 is 2.76 bits per heavy atom. The molecule has 1 fully saturated rings. The molecule has 1 aromatic rings. The Morgan fingerprint density at radius 1 is 1.24 bits per heavy atom. The second-order valence-corrected chi connectivity index (χ2v) is 5.06. The van der Waals surface area contributed by atoms with Crippen LogP contribution in [0, 0.1) is 17.6 Å². The molecule has 0 bridgehead atoms. The summed E-state index contributed by atoms with van der Waals surface area (Å²) in [5.74, 6) is -0.625. The van der Waals surface area contributed by atoms with Gasteiger partial charge in [0.2, 0.25) is 0 Å². The van der Waals surface area contributed by atoms with Crippen molar-refractivity contribution in [2.75, 3.05) is 6.54 Å². The van der Waals surface area contributed by atoms with Gasteiger partial charge >= 0.3 is 0 Å². The van der Waals surface area contributed by atoms with Crippen LogP contribution in [-0.4, -0.2) is 17.7 Å². The van der Waals surface area contributed by atoms with Crippen molar-refractivity contribution in [1.82, 2.24) is 10.6 Å². The van der Waals surface area contributed by atoms with Gasteiger partial charge in [-0.2, -0.15) is 0 Å². The lowest BCUT2D eigenvalue weighted by Crippen LogP contribution is -2.34. The minimum Gasteiger partial charge on any atom is -0.361 e. The van der Waals surface area contributed by atoms with Gasteiger partial charge < -0.3 is 10.6 Å². The summed E-state index contributed by atoms with van der Waals surface area (Å²) in [7, 11) is 0. The first-order valence-electron chi connectivity index (χ1n) is 5.64. The fourth-order valence-electron chi connectivity index (χ4n) is 2.73. The van der Waals surface area contributed by atoms with E-state index in [-0.39, 0.29) is 12.0 Å². The maximum absolute atomic E-state index is 13.6. The number of thiocarbonyl (C=S) groups is 1. The molecule has 2 nitrogen and oxygen atoms in total. The molecule has 0 radical (unpaired) electrons. The van der Waals surface area contributed by atoms with Gasteiger partial charge in [-0.25, -0.2) is 8.78 Å². The van der Waals surface area contributed by atoms with E-state index in [0.29, 0.717) is 23.5 Å². The average Bonchev–Trinajstić information content (AvgIpc) is 2.83. The number of nitrogens with one attached hydrogen (secondary N) is 2. The first-order chi connectivity index (χ1) is 8.13. The predicted octanol–water partition coefficient (Wildman–Crippen LogP) is 1.53. The van der Waals surface area contributed by atoms with Crippen molar-refractivity contribution in [1.29, 1.82) is 0 Å². The van der Waals surface area contributed by atoms with E-state index in [4.69, 9.17) is 12.2 Å². The van der Waals surface area contributed by atoms with E-state index in [2.05, 4.69) is 10.6 Å². The molecule has 1 saturated heterocycles. The van der Waals surface area contributed by atoms with Gasteiger partial charge in [0, 0.05) is 18.7 Å². The fourth-order valence-corrected chi connectivity index (χ4v) is 2.96. The van der Waals surface area contributed by atoms with Crippen molar-refractivity contribution in [2.45, 2.75) is 18.9 Å². The molecule has 0 aromatic heterocycles. The Labute approximate surface area is 103 Å². The van der Waals surface area contributed by atoms with Gasteiger partial charge in [0.1, 0.15) is 11.6 Å². The Kier molecular flexibility index (Phi) is 2.50. The van der Waals surface area contributed by atoms with E-state index in [0.717, 1.165) is 18.2 Å². The molecule has 2 N–H and O–H groups in total. The highest BCUT2D eigenvalue weighted by molar-refractivity contribution is 7.80. The lowest BCUT2D eigenvalue weighted by Gasteiger charge is -2.16. The summed E-state index contributed by atoms with van der Waals surface area (Å²) < 4.78 is 26.7. The molecule has 2 unspecified atom stereocenters. The number of halogens is 2. The van der Waals surface area contributed by atoms with E-state index >= 15 is 0 Å². The van der Waals surface area contributed by atoms with Gasteiger partial charge in [0.25, 0.3) is 0 Å². The zero-order valence-electron chi connectivity index (χ0n) is 9.09. The molecule has 17 heavy (non-hydrogen) atoms. The van der Waals surface area contributed by atoms with E-state index in [9.17, 15) is 8.78 Å². The molecular weight excluding hydrogens is 242 g/mol. The average molecular weight is 254 g/mol. The van der Waals surface area contributed by atoms with E-state index in [1.54, 1.807) is 0 Å². The number of hydrogen-bond acceptors (Lipinski definition) is 1. The number of rotatable bonds is 1. The highest BCUT2D eigenvalue weighted by Crippen LogP contribution is 2.32. The number of hydrogen-bond donors (Lipinski definition) is 2. The largest absolute Gasteiger partial charge is 0.361 e. The third kappa shape index (κ3) is 1.88. The van der Waals surface area contributed by atoms with Gasteiger partial charge in [-0.1, -0.05) is 0 Å². The molecule has 0 amide bonds. The number of benzene rings is 1. The van der Waals surface area contributed by atoms with Crippen LogP contribution in [0.25, 0.3) is 0 Å². The monoisotopic (exact) mass is 254 g/mol. The topological polar surface area (TPSA) is 24.1 Å². The van der Waals surface area contributed by atoms with Crippen LogP contribution >= 0.6 is 12.2 Å². The first kappa shape index (κ1) is 10.9. The summed E-state index contributed by atoms with van der Waals surface area (Å²) in [4.78, 5) is 0. The van der Waals surface area contributed by atoms with Crippen LogP contribution in [0.4, 0.5) is 8.78 Å². The minimum atomic E-state index is -0.491. The Morgan fingerprint density at radius 2 is 2.06 bits per heavy atom. The molecule has 2 atom stereocenters. The van der Waals surface area contributed by atoms with Crippen LogP contribution in [0.15, 0.2) is 12.1 Å². The van der Waals surface area contributed by atoms with Crippen molar-refractivity contribution < 1.29 is 8.78 Å². The molecular formula is C12H12F2N2S. The van der Waals surface area contributed by atoms with Crippen molar-refractivity contribution in [3.8, 4) is 0 Å². The molecule has 0 spiro atoms. The van der Waals surface area contributed by atoms with E-state index in [1.807, 2.05) is 0 Å². The molecule has 1 aromatic carbocycles. The molecule has 90 valence electrons. The quantitative estimate of drug-likeness (QED) is 0.743. The molecule has 3 rings (SSSR count). The summed E-state index contributed by atoms with van der Waals surface area (Å²) in [5, 5.41) is 6.87. The zero-order chi connectivity index (χ0) is 12.0. The highest BCUT2D eigenvalue weighted by atomic mass is 32.1. The van der Waals surface area contributed by atoms with Crippen molar-refractivity contribution in [3.05, 3.63) is 34.9 Å². The molecule has 2 aliphatic rings. The minimum absolute atomic E-state index is 0.220. The summed E-state index contributed by atoms with van der Waals surface area (Å²) in [6.45, 7) is 0.765. The highest BCUT2D eigenvalue weighted by Gasteiger charge is 2.33.